The first-order valence-electron chi connectivity index (χ1n) is 6.60. The van der Waals surface area contributed by atoms with E-state index in [1.165, 1.54) is 11.3 Å². The molecule has 1 aromatic rings. The van der Waals surface area contributed by atoms with Gasteiger partial charge in [0.1, 0.15) is 10.7 Å². The number of likely N-dealkylation sites (tertiary alicyclic amines) is 1. The minimum Gasteiger partial charge on any atom is -0.337 e. The molecule has 10 heteroatoms. The summed E-state index contributed by atoms with van der Waals surface area (Å²) >= 11 is 1.36. The summed E-state index contributed by atoms with van der Waals surface area (Å²) in [6.45, 7) is 1.71. The lowest BCUT2D eigenvalue weighted by molar-refractivity contribution is 0.0671. The number of amides is 1. The quantitative estimate of drug-likeness (QED) is 0.652. The van der Waals surface area contributed by atoms with Gasteiger partial charge in [0.15, 0.2) is 0 Å². The molecule has 2 rings (SSSR count). The maximum Gasteiger partial charge on any atom is 0.274 e. The number of carbonyl (C=O) groups excluding carboxylic acids is 1. The van der Waals surface area contributed by atoms with Crippen molar-refractivity contribution in [3.8, 4) is 0 Å². The largest absolute Gasteiger partial charge is 0.337 e. The second kappa shape index (κ2) is 6.79. The number of rotatable bonds is 5. The Labute approximate surface area is 127 Å². The zero-order valence-electron chi connectivity index (χ0n) is 11.5. The number of aromatic nitrogens is 1. The highest BCUT2D eigenvalue weighted by atomic mass is 32.2. The predicted octanol–water partition coefficient (Wildman–Crippen LogP) is -0.753. The number of nitrogens with one attached hydrogen (secondary N) is 1. The van der Waals surface area contributed by atoms with Gasteiger partial charge >= 0.3 is 0 Å². The standard InChI is InChI=1S/C11H19N5O3S2/c12-4-10-15-9(7-20-10)11(17)16-3-1-2-8(6-16)5-14-21(13,18)19/h7-8,14H,1-6,12H2,(H2,13,18,19). The third-order valence-electron chi connectivity index (χ3n) is 3.32. The molecular weight excluding hydrogens is 314 g/mol. The lowest BCUT2D eigenvalue weighted by Gasteiger charge is -2.32. The lowest BCUT2D eigenvalue weighted by Crippen LogP contribution is -2.44. The Balaban J connectivity index is 1.95. The van der Waals surface area contributed by atoms with E-state index >= 15 is 0 Å². The molecule has 0 bridgehead atoms. The Morgan fingerprint density at radius 1 is 1.57 bits per heavy atom. The highest BCUT2D eigenvalue weighted by Crippen LogP contribution is 2.19. The predicted molar refractivity (Wildman–Crippen MR) is 79.7 cm³/mol. The van der Waals surface area contributed by atoms with Crippen LogP contribution in [0.15, 0.2) is 5.38 Å². The van der Waals surface area contributed by atoms with Crippen LogP contribution in [0.2, 0.25) is 0 Å². The van der Waals surface area contributed by atoms with Crippen molar-refractivity contribution >= 4 is 27.5 Å². The van der Waals surface area contributed by atoms with Gasteiger partial charge in [0.05, 0.1) is 0 Å². The van der Waals surface area contributed by atoms with Crippen molar-refractivity contribution in [1.82, 2.24) is 14.6 Å². The van der Waals surface area contributed by atoms with Crippen LogP contribution in [0.1, 0.15) is 28.3 Å². The van der Waals surface area contributed by atoms with Crippen LogP contribution in [0, 0.1) is 5.92 Å². The summed E-state index contributed by atoms with van der Waals surface area (Å²) in [4.78, 5) is 18.2. The second-order valence-electron chi connectivity index (χ2n) is 4.98. The number of thiazole rings is 1. The van der Waals surface area contributed by atoms with Gasteiger partial charge < -0.3 is 10.6 Å². The Morgan fingerprint density at radius 3 is 2.95 bits per heavy atom. The van der Waals surface area contributed by atoms with Crippen molar-refractivity contribution in [2.45, 2.75) is 19.4 Å². The maximum atomic E-state index is 12.3. The van der Waals surface area contributed by atoms with Crippen LogP contribution in [0.25, 0.3) is 0 Å². The molecule has 1 saturated heterocycles. The third kappa shape index (κ3) is 4.71. The summed E-state index contributed by atoms with van der Waals surface area (Å²) < 4.78 is 24.1. The Kier molecular flexibility index (Phi) is 5.27. The minimum absolute atomic E-state index is 0.0636. The fourth-order valence-electron chi connectivity index (χ4n) is 2.32. The molecule has 1 aromatic heterocycles. The molecule has 0 spiro atoms. The van der Waals surface area contributed by atoms with Gasteiger partial charge in [-0.15, -0.1) is 11.3 Å². The van der Waals surface area contributed by atoms with E-state index in [2.05, 4.69) is 9.71 Å². The summed E-state index contributed by atoms with van der Waals surface area (Å²) in [7, 11) is -3.69. The smallest absolute Gasteiger partial charge is 0.274 e. The number of nitrogens with zero attached hydrogens (tertiary/aromatic N) is 2. The molecule has 8 nitrogen and oxygen atoms in total. The second-order valence-corrected chi connectivity index (χ2v) is 7.30. The average Bonchev–Trinajstić information content (AvgIpc) is 2.93. The first-order valence-corrected chi connectivity index (χ1v) is 9.03. The molecule has 1 fully saturated rings. The zero-order valence-corrected chi connectivity index (χ0v) is 13.1. The molecule has 1 atom stereocenters. The summed E-state index contributed by atoms with van der Waals surface area (Å²) in [5.41, 5.74) is 5.89. The van der Waals surface area contributed by atoms with Crippen molar-refractivity contribution in [3.63, 3.8) is 0 Å². The molecule has 1 unspecified atom stereocenters. The molecule has 1 amide bonds. The van der Waals surface area contributed by atoms with E-state index in [0.29, 0.717) is 25.3 Å². The van der Waals surface area contributed by atoms with E-state index in [4.69, 9.17) is 10.9 Å². The van der Waals surface area contributed by atoms with E-state index in [9.17, 15) is 13.2 Å². The van der Waals surface area contributed by atoms with Crippen molar-refractivity contribution in [3.05, 3.63) is 16.1 Å². The molecular formula is C11H19N5O3S2. The molecule has 2 heterocycles. The number of piperidine rings is 1. The zero-order chi connectivity index (χ0) is 15.5. The van der Waals surface area contributed by atoms with Gasteiger partial charge in [-0.25, -0.2) is 14.8 Å². The monoisotopic (exact) mass is 333 g/mol. The molecule has 0 aliphatic carbocycles. The van der Waals surface area contributed by atoms with Crippen molar-refractivity contribution < 1.29 is 13.2 Å². The van der Waals surface area contributed by atoms with Crippen LogP contribution in [0.4, 0.5) is 0 Å². The van der Waals surface area contributed by atoms with Crippen LogP contribution in [0.5, 0.6) is 0 Å². The summed E-state index contributed by atoms with van der Waals surface area (Å²) in [6, 6.07) is 0. The molecule has 1 aliphatic rings. The fraction of sp³-hybridized carbons (Fsp3) is 0.636. The van der Waals surface area contributed by atoms with Gasteiger partial charge in [-0.3, -0.25) is 4.79 Å². The first-order chi connectivity index (χ1) is 9.89. The van der Waals surface area contributed by atoms with Crippen LogP contribution in [0.3, 0.4) is 0 Å². The van der Waals surface area contributed by atoms with Gasteiger partial charge in [-0.1, -0.05) is 0 Å². The SMILES string of the molecule is NCc1nc(C(=O)N2CCCC(CNS(N)(=O)=O)C2)cs1. The summed E-state index contributed by atoms with van der Waals surface area (Å²) in [5.74, 6) is -0.0695. The highest BCUT2D eigenvalue weighted by molar-refractivity contribution is 7.87. The van der Waals surface area contributed by atoms with Crippen molar-refractivity contribution in [2.24, 2.45) is 16.8 Å². The van der Waals surface area contributed by atoms with Crippen LogP contribution < -0.4 is 15.6 Å². The summed E-state index contributed by atoms with van der Waals surface area (Å²) in [6.07, 6.45) is 1.69. The van der Waals surface area contributed by atoms with Crippen LogP contribution in [-0.2, 0) is 16.8 Å². The van der Waals surface area contributed by atoms with Gasteiger partial charge in [-0.05, 0) is 18.8 Å². The number of carbonyl (C=O) groups is 1. The number of hydrogen-bond donors (Lipinski definition) is 3. The molecule has 21 heavy (non-hydrogen) atoms. The minimum atomic E-state index is -3.69. The number of hydrogen-bond acceptors (Lipinski definition) is 6. The summed E-state index contributed by atoms with van der Waals surface area (Å²) in [5, 5.41) is 7.35. The van der Waals surface area contributed by atoms with Gasteiger partial charge in [0, 0.05) is 31.6 Å². The fourth-order valence-corrected chi connectivity index (χ4v) is 3.43. The molecule has 0 saturated carbocycles. The first kappa shape index (κ1) is 16.3. The molecule has 1 aliphatic heterocycles. The van der Waals surface area contributed by atoms with Crippen molar-refractivity contribution in [1.29, 1.82) is 0 Å². The van der Waals surface area contributed by atoms with E-state index in [-0.39, 0.29) is 18.4 Å². The Bertz CT molecular complexity index is 601. The normalized spacial score (nSPS) is 19.7. The van der Waals surface area contributed by atoms with Gasteiger partial charge in [-0.2, -0.15) is 8.42 Å². The van der Waals surface area contributed by atoms with Crippen molar-refractivity contribution in [2.75, 3.05) is 19.6 Å². The number of nitrogens with two attached hydrogens (primary N) is 2. The maximum absolute atomic E-state index is 12.3. The van der Waals surface area contributed by atoms with E-state index in [1.807, 2.05) is 0 Å². The van der Waals surface area contributed by atoms with Crippen LogP contribution >= 0.6 is 11.3 Å². The Hall–Kier alpha value is -1.07. The van der Waals surface area contributed by atoms with E-state index < -0.39 is 10.2 Å². The molecule has 0 radical (unpaired) electrons. The highest BCUT2D eigenvalue weighted by Gasteiger charge is 2.26. The topological polar surface area (TPSA) is 131 Å². The molecule has 118 valence electrons. The van der Waals surface area contributed by atoms with Gasteiger partial charge in [0.25, 0.3) is 16.1 Å². The Morgan fingerprint density at radius 2 is 2.33 bits per heavy atom. The molecule has 0 aromatic carbocycles. The lowest BCUT2D eigenvalue weighted by atomic mass is 9.98. The average molecular weight is 333 g/mol. The third-order valence-corrected chi connectivity index (χ3v) is 4.77. The van der Waals surface area contributed by atoms with Crippen LogP contribution in [-0.4, -0.2) is 43.8 Å². The van der Waals surface area contributed by atoms with Gasteiger partial charge in [0.2, 0.25) is 0 Å². The molecule has 5 N–H and O–H groups in total. The van der Waals surface area contributed by atoms with E-state index in [1.54, 1.807) is 10.3 Å². The van der Waals surface area contributed by atoms with E-state index in [0.717, 1.165) is 17.8 Å².